The van der Waals surface area contributed by atoms with Crippen LogP contribution in [0.1, 0.15) is 0 Å². The van der Waals surface area contributed by atoms with Crippen molar-refractivity contribution in [2.45, 2.75) is 0 Å². The van der Waals surface area contributed by atoms with Crippen molar-refractivity contribution in [1.29, 1.82) is 0 Å². The molecule has 0 saturated heterocycles. The number of methoxy groups -OCH3 is 1. The first-order valence-corrected chi connectivity index (χ1v) is 9.86. The van der Waals surface area contributed by atoms with Gasteiger partial charge in [-0.05, 0) is 0 Å². The van der Waals surface area contributed by atoms with Gasteiger partial charge >= 0.3 is 30.0 Å². The van der Waals surface area contributed by atoms with E-state index < -0.39 is 11.6 Å². The normalized spacial score (nSPS) is 8.50. The molecule has 0 N–H and O–H groups in total. The molecule has 0 aliphatic heterocycles. The molecule has 1 aromatic rings. The average molecular weight is 288 g/mol. The maximum atomic E-state index is 12.5. The molecule has 0 unspecified atom stereocenters. The Bertz CT molecular complexity index is 225. The number of benzene rings is 1. The van der Waals surface area contributed by atoms with Crippen molar-refractivity contribution in [3.8, 4) is 5.75 Å². The Kier molecular flexibility index (Phi) is 6.49. The monoisotopic (exact) mass is 286 g/mol. The van der Waals surface area contributed by atoms with Crippen molar-refractivity contribution in [2.75, 3.05) is 7.11 Å². The molecule has 0 atom stereocenters. The molecular formula is C7H5BrF2OZn. The van der Waals surface area contributed by atoms with Crippen LogP contribution in [0.3, 0.4) is 0 Å². The van der Waals surface area contributed by atoms with E-state index in [0.717, 1.165) is 12.1 Å². The van der Waals surface area contributed by atoms with Crippen LogP contribution in [0.5, 0.6) is 5.75 Å². The van der Waals surface area contributed by atoms with E-state index in [4.69, 9.17) is 0 Å². The number of hydrogen-bond donors (Lipinski definition) is 0. The van der Waals surface area contributed by atoms with Crippen molar-refractivity contribution >= 4 is 13.6 Å². The van der Waals surface area contributed by atoms with E-state index in [1.807, 2.05) is 0 Å². The number of halogens is 3. The molecule has 0 amide bonds. The van der Waals surface area contributed by atoms with E-state index in [0.29, 0.717) is 0 Å². The summed E-state index contributed by atoms with van der Waals surface area (Å²) in [4.78, 5) is 0. The third-order valence-electron chi connectivity index (χ3n) is 1.06. The van der Waals surface area contributed by atoms with Crippen LogP contribution in [0.4, 0.5) is 8.78 Å². The fourth-order valence-electron chi connectivity index (χ4n) is 0.628. The molecule has 0 bridgehead atoms. The first-order valence-electron chi connectivity index (χ1n) is 2.91. The van der Waals surface area contributed by atoms with Crippen molar-refractivity contribution in [2.24, 2.45) is 0 Å². The molecule has 62 valence electrons. The van der Waals surface area contributed by atoms with E-state index in [2.05, 4.69) is 24.4 Å². The Morgan fingerprint density at radius 3 is 2.00 bits per heavy atom. The van der Waals surface area contributed by atoms with Crippen LogP contribution in [0.15, 0.2) is 12.1 Å². The quantitative estimate of drug-likeness (QED) is 0.570. The zero-order chi connectivity index (χ0) is 9.56. The predicted molar refractivity (Wildman–Crippen MR) is 40.7 cm³/mol. The van der Waals surface area contributed by atoms with Gasteiger partial charge in [-0.15, -0.1) is 12.1 Å². The summed E-state index contributed by atoms with van der Waals surface area (Å²) in [6.45, 7) is 0. The summed E-state index contributed by atoms with van der Waals surface area (Å²) in [7, 11) is 1.21. The summed E-state index contributed by atoms with van der Waals surface area (Å²) in [5.41, 5.74) is 0. The van der Waals surface area contributed by atoms with Crippen LogP contribution < -0.4 is 4.74 Å². The Labute approximate surface area is 86.1 Å². The van der Waals surface area contributed by atoms with Crippen molar-refractivity contribution in [3.05, 3.63) is 29.8 Å². The minimum atomic E-state index is -0.734. The van der Waals surface area contributed by atoms with Crippen LogP contribution in [-0.2, 0) is 16.3 Å². The van der Waals surface area contributed by atoms with Crippen LogP contribution in [0.25, 0.3) is 0 Å². The van der Waals surface area contributed by atoms with Gasteiger partial charge in [0.2, 0.25) is 0 Å². The summed E-state index contributed by atoms with van der Waals surface area (Å²) in [6, 6.07) is 4.31. The number of rotatable bonds is 1. The summed E-state index contributed by atoms with van der Waals surface area (Å²) in [5, 5.41) is 0. The standard InChI is InChI=1S/C7H5F2O.BrH.Zn/c1-10-7-5(8)3-2-4-6(7)9;;/h3-4H,1H3;1H;/q-1;;+2/p-1. The maximum absolute atomic E-state index is 12.5. The Morgan fingerprint density at radius 1 is 1.33 bits per heavy atom. The summed E-state index contributed by atoms with van der Waals surface area (Å²) < 4.78 is 29.3. The van der Waals surface area contributed by atoms with Gasteiger partial charge in [0, 0.05) is 0 Å². The van der Waals surface area contributed by atoms with Crippen molar-refractivity contribution in [3.63, 3.8) is 0 Å². The molecular weight excluding hydrogens is 283 g/mol. The van der Waals surface area contributed by atoms with Crippen LogP contribution in [0, 0.1) is 17.7 Å². The van der Waals surface area contributed by atoms with Gasteiger partial charge in [0.25, 0.3) is 0 Å². The van der Waals surface area contributed by atoms with Crippen molar-refractivity contribution in [1.82, 2.24) is 0 Å². The summed E-state index contributed by atoms with van der Waals surface area (Å²) in [5.74, 6) is -1.83. The fraction of sp³-hybridized carbons (Fsp3) is 0.143. The Balaban J connectivity index is 0.000000561. The second kappa shape index (κ2) is 6.49. The average Bonchev–Trinajstić information content (AvgIpc) is 2.08. The van der Waals surface area contributed by atoms with Gasteiger partial charge in [0.05, 0.1) is 24.5 Å². The summed E-state index contributed by atoms with van der Waals surface area (Å²) in [6.07, 6.45) is 0. The third kappa shape index (κ3) is 3.15. The second-order valence-electron chi connectivity index (χ2n) is 1.68. The zero-order valence-corrected chi connectivity index (χ0v) is 11.0. The molecule has 0 aromatic heterocycles. The molecule has 0 spiro atoms. The van der Waals surface area contributed by atoms with Gasteiger partial charge in [0.15, 0.2) is 0 Å². The Hall–Kier alpha value is -0.0166. The Morgan fingerprint density at radius 2 is 1.75 bits per heavy atom. The van der Waals surface area contributed by atoms with Gasteiger partial charge < -0.3 is 4.74 Å². The van der Waals surface area contributed by atoms with Crippen LogP contribution >= 0.6 is 13.6 Å². The van der Waals surface area contributed by atoms with Crippen LogP contribution in [0.2, 0.25) is 0 Å². The minimum absolute atomic E-state index is 0.362. The van der Waals surface area contributed by atoms with Crippen LogP contribution in [-0.4, -0.2) is 7.11 Å². The molecule has 0 saturated carbocycles. The third-order valence-corrected chi connectivity index (χ3v) is 1.06. The number of hydrogen-bond acceptors (Lipinski definition) is 1. The van der Waals surface area contributed by atoms with Gasteiger partial charge in [-0.25, -0.2) is 0 Å². The zero-order valence-electron chi connectivity index (χ0n) is 6.40. The van der Waals surface area contributed by atoms with Crippen molar-refractivity contribution < 1.29 is 29.9 Å². The van der Waals surface area contributed by atoms with E-state index >= 15 is 0 Å². The SMILES string of the molecule is COc1c(F)c[c-]cc1F.[Zn+][Br]. The van der Waals surface area contributed by atoms with E-state index in [1.165, 1.54) is 23.5 Å². The molecule has 1 aromatic carbocycles. The molecule has 0 fully saturated rings. The molecule has 0 heterocycles. The first-order chi connectivity index (χ1) is 5.75. The fourth-order valence-corrected chi connectivity index (χ4v) is 0.628. The van der Waals surface area contributed by atoms with Gasteiger partial charge in [-0.2, -0.15) is 6.07 Å². The topological polar surface area (TPSA) is 9.23 Å². The molecule has 0 radical (unpaired) electrons. The van der Waals surface area contributed by atoms with E-state index in [1.54, 1.807) is 0 Å². The first kappa shape index (κ1) is 12.0. The number of ether oxygens (including phenoxy) is 1. The molecule has 0 aliphatic carbocycles. The second-order valence-corrected chi connectivity index (χ2v) is 1.68. The molecule has 0 aliphatic rings. The molecule has 1 rings (SSSR count). The van der Waals surface area contributed by atoms with Gasteiger partial charge in [-0.3, -0.25) is 8.78 Å². The summed E-state index contributed by atoms with van der Waals surface area (Å²) >= 11 is 4.25. The van der Waals surface area contributed by atoms with E-state index in [9.17, 15) is 8.78 Å². The predicted octanol–water partition coefficient (Wildman–Crippen LogP) is 2.62. The molecule has 5 heteroatoms. The van der Waals surface area contributed by atoms with Gasteiger partial charge in [-0.1, -0.05) is 0 Å². The van der Waals surface area contributed by atoms with Gasteiger partial charge in [0.1, 0.15) is 0 Å². The van der Waals surface area contributed by atoms with E-state index in [-0.39, 0.29) is 5.75 Å². The molecule has 1 nitrogen and oxygen atoms in total. The molecule has 12 heavy (non-hydrogen) atoms.